The van der Waals surface area contributed by atoms with E-state index in [1.807, 2.05) is 59.5 Å². The third-order valence-electron chi connectivity index (χ3n) is 4.75. The van der Waals surface area contributed by atoms with Crippen LogP contribution in [0.15, 0.2) is 77.4 Å². The fourth-order valence-corrected chi connectivity index (χ4v) is 3.23. The second-order valence-electron chi connectivity index (χ2n) is 6.56. The molecule has 0 fully saturated rings. The maximum absolute atomic E-state index is 12.2. The summed E-state index contributed by atoms with van der Waals surface area (Å²) in [6.45, 7) is 2.86. The molecule has 0 aliphatic carbocycles. The number of methoxy groups -OCH3 is 1. The molecule has 140 valence electrons. The van der Waals surface area contributed by atoms with Gasteiger partial charge in [-0.15, -0.1) is 0 Å². The largest absolute Gasteiger partial charge is 0.497 e. The number of nitrogens with zero attached hydrogens (tertiary/aromatic N) is 1. The Morgan fingerprint density at radius 3 is 2.37 bits per heavy atom. The van der Waals surface area contributed by atoms with Crippen molar-refractivity contribution >= 4 is 5.91 Å². The zero-order valence-corrected chi connectivity index (χ0v) is 15.8. The molecule has 1 heterocycles. The van der Waals surface area contributed by atoms with Crippen molar-refractivity contribution < 1.29 is 13.9 Å². The summed E-state index contributed by atoms with van der Waals surface area (Å²) in [4.78, 5) is 14.1. The molecule has 4 nitrogen and oxygen atoms in total. The second kappa shape index (κ2) is 9.08. The fourth-order valence-electron chi connectivity index (χ4n) is 3.23. The summed E-state index contributed by atoms with van der Waals surface area (Å²) in [7, 11) is 1.65. The van der Waals surface area contributed by atoms with Gasteiger partial charge in [0.1, 0.15) is 11.5 Å². The van der Waals surface area contributed by atoms with Crippen molar-refractivity contribution in [1.29, 1.82) is 0 Å². The van der Waals surface area contributed by atoms with E-state index in [9.17, 15) is 4.79 Å². The molecule has 0 aliphatic heterocycles. The van der Waals surface area contributed by atoms with Crippen LogP contribution in [0.5, 0.6) is 5.75 Å². The molecule has 1 atom stereocenters. The van der Waals surface area contributed by atoms with E-state index >= 15 is 0 Å². The maximum atomic E-state index is 12.2. The number of amides is 1. The monoisotopic (exact) mass is 363 g/mol. The average molecular weight is 363 g/mol. The summed E-state index contributed by atoms with van der Waals surface area (Å²) in [6, 6.07) is 22.0. The van der Waals surface area contributed by atoms with Gasteiger partial charge in [-0.3, -0.25) is 4.79 Å². The molecule has 2 aromatic carbocycles. The highest BCUT2D eigenvalue weighted by molar-refractivity contribution is 5.73. The van der Waals surface area contributed by atoms with Gasteiger partial charge in [0.25, 0.3) is 0 Å². The van der Waals surface area contributed by atoms with E-state index in [2.05, 4.69) is 12.1 Å². The normalized spacial score (nSPS) is 11.8. The van der Waals surface area contributed by atoms with Gasteiger partial charge in [-0.2, -0.15) is 0 Å². The van der Waals surface area contributed by atoms with Gasteiger partial charge >= 0.3 is 0 Å². The van der Waals surface area contributed by atoms with Crippen molar-refractivity contribution in [3.63, 3.8) is 0 Å². The number of hydrogen-bond acceptors (Lipinski definition) is 3. The highest BCUT2D eigenvalue weighted by Gasteiger charge is 2.19. The van der Waals surface area contributed by atoms with Crippen LogP contribution in [0.3, 0.4) is 0 Å². The highest BCUT2D eigenvalue weighted by atomic mass is 16.5. The van der Waals surface area contributed by atoms with Crippen LogP contribution in [0.2, 0.25) is 0 Å². The van der Waals surface area contributed by atoms with Gasteiger partial charge in [-0.25, -0.2) is 0 Å². The lowest BCUT2D eigenvalue weighted by Gasteiger charge is -2.24. The molecular weight excluding hydrogens is 338 g/mol. The van der Waals surface area contributed by atoms with Crippen LogP contribution < -0.4 is 4.74 Å². The molecule has 0 spiro atoms. The SMILES string of the molecule is COc1ccc(CN(CC[C@H](c2ccccc2)c2ccco2)C(C)=O)cc1. The van der Waals surface area contributed by atoms with Crippen molar-refractivity contribution in [1.82, 2.24) is 4.90 Å². The zero-order valence-electron chi connectivity index (χ0n) is 15.8. The van der Waals surface area contributed by atoms with E-state index in [1.54, 1.807) is 20.3 Å². The molecule has 0 saturated heterocycles. The van der Waals surface area contributed by atoms with E-state index in [1.165, 1.54) is 5.56 Å². The summed E-state index contributed by atoms with van der Waals surface area (Å²) >= 11 is 0. The number of benzene rings is 2. The number of rotatable bonds is 8. The Bertz CT molecular complexity index is 826. The van der Waals surface area contributed by atoms with Gasteiger partial charge in [0.2, 0.25) is 5.91 Å². The van der Waals surface area contributed by atoms with E-state index in [4.69, 9.17) is 9.15 Å². The zero-order chi connectivity index (χ0) is 19.1. The molecule has 0 unspecified atom stereocenters. The molecule has 0 radical (unpaired) electrons. The van der Waals surface area contributed by atoms with Gasteiger partial charge < -0.3 is 14.1 Å². The minimum Gasteiger partial charge on any atom is -0.497 e. The molecule has 4 heteroatoms. The average Bonchev–Trinajstić information content (AvgIpc) is 3.23. The number of ether oxygens (including phenoxy) is 1. The van der Waals surface area contributed by atoms with E-state index in [0.717, 1.165) is 23.5 Å². The molecule has 3 aromatic rings. The Kier molecular flexibility index (Phi) is 6.31. The van der Waals surface area contributed by atoms with Gasteiger partial charge in [-0.05, 0) is 41.8 Å². The van der Waals surface area contributed by atoms with Crippen LogP contribution in [0.4, 0.5) is 0 Å². The quantitative estimate of drug-likeness (QED) is 0.574. The Balaban J connectivity index is 1.72. The summed E-state index contributed by atoms with van der Waals surface area (Å²) in [5, 5.41) is 0. The highest BCUT2D eigenvalue weighted by Crippen LogP contribution is 2.29. The lowest BCUT2D eigenvalue weighted by Crippen LogP contribution is -2.30. The van der Waals surface area contributed by atoms with E-state index in [0.29, 0.717) is 13.1 Å². The van der Waals surface area contributed by atoms with Crippen LogP contribution in [0.25, 0.3) is 0 Å². The minimum atomic E-state index is 0.0667. The van der Waals surface area contributed by atoms with Crippen LogP contribution in [-0.2, 0) is 11.3 Å². The van der Waals surface area contributed by atoms with Crippen molar-refractivity contribution in [2.45, 2.75) is 25.8 Å². The van der Waals surface area contributed by atoms with Crippen molar-refractivity contribution in [2.24, 2.45) is 0 Å². The second-order valence-corrected chi connectivity index (χ2v) is 6.56. The molecule has 0 saturated carbocycles. The van der Waals surface area contributed by atoms with Crippen molar-refractivity contribution in [3.8, 4) is 5.75 Å². The lowest BCUT2D eigenvalue weighted by atomic mass is 9.93. The van der Waals surface area contributed by atoms with Crippen LogP contribution in [-0.4, -0.2) is 24.5 Å². The standard InChI is InChI=1S/C23H25NO3/c1-18(25)24(17-19-10-12-21(26-2)13-11-19)15-14-22(23-9-6-16-27-23)20-7-4-3-5-8-20/h3-13,16,22H,14-15,17H2,1-2H3/t22-/m1/s1. The molecule has 1 aromatic heterocycles. The third-order valence-corrected chi connectivity index (χ3v) is 4.75. The molecule has 1 amide bonds. The lowest BCUT2D eigenvalue weighted by molar-refractivity contribution is -0.129. The van der Waals surface area contributed by atoms with Crippen LogP contribution in [0, 0.1) is 0 Å². The van der Waals surface area contributed by atoms with E-state index < -0.39 is 0 Å². The number of furan rings is 1. The number of carbonyl (C=O) groups excluding carboxylic acids is 1. The number of hydrogen-bond donors (Lipinski definition) is 0. The first-order chi connectivity index (χ1) is 13.2. The summed E-state index contributed by atoms with van der Waals surface area (Å²) < 4.78 is 10.9. The van der Waals surface area contributed by atoms with E-state index in [-0.39, 0.29) is 11.8 Å². The topological polar surface area (TPSA) is 42.7 Å². The molecule has 3 rings (SSSR count). The van der Waals surface area contributed by atoms with Gasteiger partial charge in [0.15, 0.2) is 0 Å². The fraction of sp³-hybridized carbons (Fsp3) is 0.261. The Hall–Kier alpha value is -3.01. The molecular formula is C23H25NO3. The van der Waals surface area contributed by atoms with Crippen LogP contribution >= 0.6 is 0 Å². The first-order valence-corrected chi connectivity index (χ1v) is 9.14. The van der Waals surface area contributed by atoms with Crippen molar-refractivity contribution in [2.75, 3.05) is 13.7 Å². The predicted molar refractivity (Wildman–Crippen MR) is 106 cm³/mol. The van der Waals surface area contributed by atoms with Gasteiger partial charge in [0.05, 0.1) is 13.4 Å². The van der Waals surface area contributed by atoms with Crippen molar-refractivity contribution in [3.05, 3.63) is 89.9 Å². The minimum absolute atomic E-state index is 0.0667. The molecule has 0 N–H and O–H groups in total. The Labute approximate surface area is 160 Å². The molecule has 27 heavy (non-hydrogen) atoms. The van der Waals surface area contributed by atoms with Gasteiger partial charge in [0, 0.05) is 25.9 Å². The first-order valence-electron chi connectivity index (χ1n) is 9.14. The predicted octanol–water partition coefficient (Wildman–Crippen LogP) is 4.86. The maximum Gasteiger partial charge on any atom is 0.219 e. The third kappa shape index (κ3) is 5.00. The van der Waals surface area contributed by atoms with Crippen LogP contribution in [0.1, 0.15) is 36.1 Å². The Morgan fingerprint density at radius 2 is 1.78 bits per heavy atom. The summed E-state index contributed by atoms with van der Waals surface area (Å²) in [5.74, 6) is 1.93. The summed E-state index contributed by atoms with van der Waals surface area (Å²) in [6.07, 6.45) is 2.50. The summed E-state index contributed by atoms with van der Waals surface area (Å²) in [5.41, 5.74) is 2.28. The number of carbonyl (C=O) groups is 1. The smallest absolute Gasteiger partial charge is 0.219 e. The molecule has 0 aliphatic rings. The van der Waals surface area contributed by atoms with Gasteiger partial charge in [-0.1, -0.05) is 42.5 Å². The first kappa shape index (κ1) is 18.8. The Morgan fingerprint density at radius 1 is 1.04 bits per heavy atom. The molecule has 0 bridgehead atoms.